The topological polar surface area (TPSA) is 79.3 Å². The van der Waals surface area contributed by atoms with Crippen molar-refractivity contribution in [1.29, 1.82) is 0 Å². The van der Waals surface area contributed by atoms with Crippen molar-refractivity contribution >= 4 is 29.2 Å². The van der Waals surface area contributed by atoms with Crippen molar-refractivity contribution in [1.82, 2.24) is 25.0 Å². The van der Waals surface area contributed by atoms with E-state index in [2.05, 4.69) is 27.3 Å². The summed E-state index contributed by atoms with van der Waals surface area (Å²) in [7, 11) is 0. The number of fused-ring (bicyclic) bond motifs is 1. The van der Waals surface area contributed by atoms with Crippen LogP contribution in [0.1, 0.15) is 33.0 Å². The first kappa shape index (κ1) is 29.1. The lowest BCUT2D eigenvalue weighted by Crippen LogP contribution is -2.52. The zero-order valence-electron chi connectivity index (χ0n) is 24.5. The number of amides is 2. The van der Waals surface area contributed by atoms with Crippen LogP contribution < -0.4 is 0 Å². The molecule has 220 valence electrons. The summed E-state index contributed by atoms with van der Waals surface area (Å²) in [6.45, 7) is 3.35. The van der Waals surface area contributed by atoms with Gasteiger partial charge in [-0.05, 0) is 53.8 Å². The first-order valence-electron chi connectivity index (χ1n) is 14.7. The van der Waals surface area contributed by atoms with Crippen LogP contribution in [0.4, 0.5) is 0 Å². The maximum absolute atomic E-state index is 14.4. The Balaban J connectivity index is 1.34. The van der Waals surface area contributed by atoms with Gasteiger partial charge in [-0.2, -0.15) is 10.2 Å². The van der Waals surface area contributed by atoms with Crippen molar-refractivity contribution in [3.63, 3.8) is 0 Å². The fourth-order valence-electron chi connectivity index (χ4n) is 5.55. The van der Waals surface area contributed by atoms with Gasteiger partial charge in [-0.15, -0.1) is 11.3 Å². The molecule has 6 rings (SSSR count). The summed E-state index contributed by atoms with van der Waals surface area (Å²) < 4.78 is 0. The fraction of sp³-hybridized carbons (Fsp3) is 0.194. The van der Waals surface area contributed by atoms with E-state index in [0.29, 0.717) is 19.5 Å². The number of benzene rings is 3. The molecular formula is C36H33N5O2S. The minimum atomic E-state index is -0.698. The average molecular weight is 600 g/mol. The van der Waals surface area contributed by atoms with E-state index < -0.39 is 6.04 Å². The van der Waals surface area contributed by atoms with Gasteiger partial charge in [-0.25, -0.2) is 4.98 Å². The summed E-state index contributed by atoms with van der Waals surface area (Å²) in [5, 5.41) is 11.0. The van der Waals surface area contributed by atoms with Crippen LogP contribution in [-0.2, 0) is 35.5 Å². The van der Waals surface area contributed by atoms with Crippen LogP contribution in [0.2, 0.25) is 0 Å². The molecule has 1 atom stereocenters. The Hall–Kier alpha value is -4.95. The molecule has 3 heterocycles. The van der Waals surface area contributed by atoms with Crippen molar-refractivity contribution in [2.75, 3.05) is 6.54 Å². The minimum absolute atomic E-state index is 0.0502. The predicted octanol–water partition coefficient (Wildman–Crippen LogP) is 6.15. The summed E-state index contributed by atoms with van der Waals surface area (Å²) in [6, 6.07) is 29.2. The second kappa shape index (κ2) is 13.6. The number of hydrogen-bond acceptors (Lipinski definition) is 6. The lowest BCUT2D eigenvalue weighted by Gasteiger charge is -2.37. The lowest BCUT2D eigenvalue weighted by molar-refractivity contribution is -0.144. The Bertz CT molecular complexity index is 1750. The van der Waals surface area contributed by atoms with Gasteiger partial charge in [-0.1, -0.05) is 78.9 Å². The third-order valence-corrected chi connectivity index (χ3v) is 8.66. The SMILES string of the molecule is Cc1nc(C=CC(=O)N(Cc2ccc(-c3cccnn3)cc2)[C@@H](Cc2ccccc2)C(=O)N2CCc3ccccc3C2)cs1. The molecule has 1 aliphatic rings. The molecule has 0 fully saturated rings. The summed E-state index contributed by atoms with van der Waals surface area (Å²) in [5.41, 5.74) is 6.78. The molecule has 0 radical (unpaired) electrons. The lowest BCUT2D eigenvalue weighted by atomic mass is 9.97. The van der Waals surface area contributed by atoms with Gasteiger partial charge in [0.1, 0.15) is 6.04 Å². The second-order valence-electron chi connectivity index (χ2n) is 10.9. The first-order valence-corrected chi connectivity index (χ1v) is 15.6. The molecular weight excluding hydrogens is 566 g/mol. The minimum Gasteiger partial charge on any atom is -0.336 e. The van der Waals surface area contributed by atoms with E-state index in [9.17, 15) is 9.59 Å². The molecule has 0 aliphatic carbocycles. The standard InChI is InChI=1S/C36H33N5O2S/c1-26-38-32(25-44-26)17-18-35(42)41(23-28-13-15-30(16-14-28)33-12-7-20-37-39-33)34(22-27-8-3-2-4-9-27)36(43)40-21-19-29-10-5-6-11-31(29)24-40/h2-18,20,25,34H,19,21-24H2,1H3/t34-/m0/s1. The third kappa shape index (κ3) is 6.98. The summed E-state index contributed by atoms with van der Waals surface area (Å²) >= 11 is 1.54. The highest BCUT2D eigenvalue weighted by molar-refractivity contribution is 7.09. The van der Waals surface area contributed by atoms with Crippen molar-refractivity contribution < 1.29 is 9.59 Å². The molecule has 7 nitrogen and oxygen atoms in total. The van der Waals surface area contributed by atoms with Crippen molar-refractivity contribution in [3.05, 3.63) is 142 Å². The zero-order chi connectivity index (χ0) is 30.3. The fourth-order valence-corrected chi connectivity index (χ4v) is 6.13. The quantitative estimate of drug-likeness (QED) is 0.190. The molecule has 1 aliphatic heterocycles. The first-order chi connectivity index (χ1) is 21.5. The maximum Gasteiger partial charge on any atom is 0.247 e. The van der Waals surface area contributed by atoms with E-state index in [-0.39, 0.29) is 18.4 Å². The molecule has 5 aromatic rings. The molecule has 0 unspecified atom stereocenters. The molecule has 0 bridgehead atoms. The highest BCUT2D eigenvalue weighted by Gasteiger charge is 2.34. The molecule has 0 saturated carbocycles. The van der Waals surface area contributed by atoms with Gasteiger partial charge in [-0.3, -0.25) is 9.59 Å². The van der Waals surface area contributed by atoms with Crippen LogP contribution in [0.25, 0.3) is 17.3 Å². The predicted molar refractivity (Wildman–Crippen MR) is 173 cm³/mol. The van der Waals surface area contributed by atoms with E-state index in [0.717, 1.165) is 45.1 Å². The van der Waals surface area contributed by atoms with E-state index in [1.54, 1.807) is 23.2 Å². The number of rotatable bonds is 9. The van der Waals surface area contributed by atoms with Gasteiger partial charge in [0, 0.05) is 49.3 Å². The average Bonchev–Trinajstić information content (AvgIpc) is 3.50. The number of carbonyl (C=O) groups is 2. The largest absolute Gasteiger partial charge is 0.336 e. The molecule has 3 aromatic carbocycles. The highest BCUT2D eigenvalue weighted by Crippen LogP contribution is 2.24. The van der Waals surface area contributed by atoms with Gasteiger partial charge < -0.3 is 9.80 Å². The van der Waals surface area contributed by atoms with Gasteiger partial charge in [0.05, 0.1) is 16.4 Å². The van der Waals surface area contributed by atoms with Crippen molar-refractivity contribution in [2.24, 2.45) is 0 Å². The number of carbonyl (C=O) groups excluding carboxylic acids is 2. The molecule has 0 saturated heterocycles. The molecule has 0 spiro atoms. The number of aryl methyl sites for hydroxylation is 1. The Kier molecular flexibility index (Phi) is 8.98. The van der Waals surface area contributed by atoms with E-state index in [4.69, 9.17) is 0 Å². The van der Waals surface area contributed by atoms with Crippen LogP contribution in [0, 0.1) is 6.92 Å². The molecule has 44 heavy (non-hydrogen) atoms. The van der Waals surface area contributed by atoms with E-state index in [1.165, 1.54) is 16.9 Å². The second-order valence-corrected chi connectivity index (χ2v) is 11.9. The van der Waals surface area contributed by atoms with Crippen LogP contribution in [-0.4, -0.2) is 49.4 Å². The van der Waals surface area contributed by atoms with Crippen LogP contribution in [0.15, 0.2) is 109 Å². The molecule has 2 aromatic heterocycles. The monoisotopic (exact) mass is 599 g/mol. The van der Waals surface area contributed by atoms with Crippen molar-refractivity contribution in [3.8, 4) is 11.3 Å². The summed E-state index contributed by atoms with van der Waals surface area (Å²) in [6.07, 6.45) is 6.12. The number of hydrogen-bond donors (Lipinski definition) is 0. The molecule has 2 amide bonds. The molecule has 8 heteroatoms. The number of nitrogens with zero attached hydrogens (tertiary/aromatic N) is 5. The Morgan fingerprint density at radius 2 is 1.70 bits per heavy atom. The molecule has 0 N–H and O–H groups in total. The van der Waals surface area contributed by atoms with Crippen LogP contribution in [0.3, 0.4) is 0 Å². The van der Waals surface area contributed by atoms with Crippen LogP contribution in [0.5, 0.6) is 0 Å². The van der Waals surface area contributed by atoms with Gasteiger partial charge in [0.25, 0.3) is 0 Å². The summed E-state index contributed by atoms with van der Waals surface area (Å²) in [5.74, 6) is -0.286. The van der Waals surface area contributed by atoms with Crippen molar-refractivity contribution in [2.45, 2.75) is 38.9 Å². The number of aromatic nitrogens is 3. The maximum atomic E-state index is 14.4. The highest BCUT2D eigenvalue weighted by atomic mass is 32.1. The third-order valence-electron chi connectivity index (χ3n) is 7.87. The van der Waals surface area contributed by atoms with E-state index >= 15 is 0 Å². The Morgan fingerprint density at radius 1 is 0.932 bits per heavy atom. The Labute approximate surface area is 261 Å². The van der Waals surface area contributed by atoms with Gasteiger partial charge in [0.15, 0.2) is 0 Å². The number of thiazole rings is 1. The Morgan fingerprint density at radius 3 is 2.43 bits per heavy atom. The smallest absolute Gasteiger partial charge is 0.247 e. The zero-order valence-corrected chi connectivity index (χ0v) is 25.4. The van der Waals surface area contributed by atoms with Gasteiger partial charge >= 0.3 is 0 Å². The summed E-state index contributed by atoms with van der Waals surface area (Å²) in [4.78, 5) is 36.6. The normalized spacial score (nSPS) is 13.4. The van der Waals surface area contributed by atoms with Gasteiger partial charge in [0.2, 0.25) is 11.8 Å². The van der Waals surface area contributed by atoms with E-state index in [1.807, 2.05) is 96.1 Å². The van der Waals surface area contributed by atoms with Crippen LogP contribution >= 0.6 is 11.3 Å².